The molecule has 0 aliphatic rings. The maximum Gasteiger partial charge on any atom is 0.343 e. The molecule has 0 amide bonds. The van der Waals surface area contributed by atoms with Crippen LogP contribution in [0.15, 0.2) is 54.9 Å². The molecule has 0 fully saturated rings. The van der Waals surface area contributed by atoms with E-state index in [1.54, 1.807) is 24.3 Å². The summed E-state index contributed by atoms with van der Waals surface area (Å²) in [5, 5.41) is 8.79. The first-order valence-electron chi connectivity index (χ1n) is 10.9. The van der Waals surface area contributed by atoms with Gasteiger partial charge >= 0.3 is 5.97 Å². The summed E-state index contributed by atoms with van der Waals surface area (Å²) in [5.41, 5.74) is 2.33. The Bertz CT molecular complexity index is 1070. The Morgan fingerprint density at radius 2 is 1.69 bits per heavy atom. The van der Waals surface area contributed by atoms with Crippen molar-refractivity contribution in [1.82, 2.24) is 9.97 Å². The van der Waals surface area contributed by atoms with Crippen LogP contribution in [0.1, 0.15) is 66.9 Å². The molecule has 32 heavy (non-hydrogen) atoms. The SMILES string of the molecule is CCCCCCCCc1cnc(-c2ccc(C(=O)Oc3ccc(C#N)cc3F)cc2)nc1. The summed E-state index contributed by atoms with van der Waals surface area (Å²) in [6.45, 7) is 2.22. The lowest BCUT2D eigenvalue weighted by Crippen LogP contribution is -2.09. The third kappa shape index (κ3) is 6.45. The predicted molar refractivity (Wildman–Crippen MR) is 121 cm³/mol. The van der Waals surface area contributed by atoms with Gasteiger partial charge in [-0.1, -0.05) is 51.2 Å². The number of halogens is 1. The van der Waals surface area contributed by atoms with Crippen molar-refractivity contribution in [2.24, 2.45) is 0 Å². The van der Waals surface area contributed by atoms with Crippen LogP contribution in [-0.4, -0.2) is 15.9 Å². The van der Waals surface area contributed by atoms with Crippen molar-refractivity contribution in [3.63, 3.8) is 0 Å². The number of esters is 1. The molecule has 164 valence electrons. The first kappa shape index (κ1) is 23.1. The number of carbonyl (C=O) groups is 1. The molecule has 1 aromatic heterocycles. The van der Waals surface area contributed by atoms with Gasteiger partial charge < -0.3 is 4.74 Å². The molecule has 6 heteroatoms. The Morgan fingerprint density at radius 3 is 2.34 bits per heavy atom. The van der Waals surface area contributed by atoms with E-state index < -0.39 is 11.8 Å². The highest BCUT2D eigenvalue weighted by Gasteiger charge is 2.13. The molecule has 1 heterocycles. The number of hydrogen-bond donors (Lipinski definition) is 0. The summed E-state index contributed by atoms with van der Waals surface area (Å²) in [5.74, 6) is -1.09. The van der Waals surface area contributed by atoms with Crippen LogP contribution in [0.5, 0.6) is 5.75 Å². The number of nitriles is 1. The minimum absolute atomic E-state index is 0.157. The number of unbranched alkanes of at least 4 members (excludes halogenated alkanes) is 5. The monoisotopic (exact) mass is 431 g/mol. The van der Waals surface area contributed by atoms with Crippen LogP contribution >= 0.6 is 0 Å². The first-order valence-corrected chi connectivity index (χ1v) is 10.9. The van der Waals surface area contributed by atoms with Gasteiger partial charge in [-0.2, -0.15) is 5.26 Å². The lowest BCUT2D eigenvalue weighted by atomic mass is 10.1. The van der Waals surface area contributed by atoms with Crippen molar-refractivity contribution >= 4 is 5.97 Å². The van der Waals surface area contributed by atoms with Gasteiger partial charge in [0.2, 0.25) is 0 Å². The van der Waals surface area contributed by atoms with Crippen molar-refractivity contribution in [2.75, 3.05) is 0 Å². The quantitative estimate of drug-likeness (QED) is 0.215. The average Bonchev–Trinajstić information content (AvgIpc) is 2.83. The summed E-state index contributed by atoms with van der Waals surface area (Å²) in [6, 6.07) is 12.2. The Hall–Kier alpha value is -3.59. The number of aromatic nitrogens is 2. The van der Waals surface area contributed by atoms with E-state index in [2.05, 4.69) is 16.9 Å². The maximum absolute atomic E-state index is 13.9. The van der Waals surface area contributed by atoms with E-state index >= 15 is 0 Å². The summed E-state index contributed by atoms with van der Waals surface area (Å²) < 4.78 is 19.0. The largest absolute Gasteiger partial charge is 0.420 e. The number of rotatable bonds is 10. The molecule has 0 atom stereocenters. The number of aryl methyl sites for hydroxylation is 1. The van der Waals surface area contributed by atoms with E-state index in [4.69, 9.17) is 10.00 Å². The fraction of sp³-hybridized carbons (Fsp3) is 0.308. The summed E-state index contributed by atoms with van der Waals surface area (Å²) >= 11 is 0. The second kappa shape index (κ2) is 11.7. The summed E-state index contributed by atoms with van der Waals surface area (Å²) in [6.07, 6.45) is 12.2. The lowest BCUT2D eigenvalue weighted by Gasteiger charge is -2.07. The molecule has 0 bridgehead atoms. The Balaban J connectivity index is 1.56. The zero-order chi connectivity index (χ0) is 22.8. The van der Waals surface area contributed by atoms with Crippen LogP contribution in [0.3, 0.4) is 0 Å². The van der Waals surface area contributed by atoms with Gasteiger partial charge in [0, 0.05) is 18.0 Å². The van der Waals surface area contributed by atoms with Gasteiger partial charge in [-0.15, -0.1) is 0 Å². The molecule has 0 saturated carbocycles. The number of nitrogens with zero attached hydrogens (tertiary/aromatic N) is 3. The van der Waals surface area contributed by atoms with Crippen LogP contribution in [0.2, 0.25) is 0 Å². The smallest absolute Gasteiger partial charge is 0.343 e. The molecule has 5 nitrogen and oxygen atoms in total. The van der Waals surface area contributed by atoms with Gasteiger partial charge in [0.25, 0.3) is 0 Å². The molecule has 0 spiro atoms. The molecular formula is C26H26FN3O2. The normalized spacial score (nSPS) is 10.5. The summed E-state index contributed by atoms with van der Waals surface area (Å²) in [7, 11) is 0. The van der Waals surface area contributed by atoms with Gasteiger partial charge in [0.05, 0.1) is 17.2 Å². The predicted octanol–water partition coefficient (Wildman–Crippen LogP) is 6.28. The zero-order valence-electron chi connectivity index (χ0n) is 18.2. The van der Waals surface area contributed by atoms with E-state index in [1.807, 2.05) is 18.5 Å². The highest BCUT2D eigenvalue weighted by atomic mass is 19.1. The first-order chi connectivity index (χ1) is 15.6. The van der Waals surface area contributed by atoms with E-state index in [9.17, 15) is 9.18 Å². The molecule has 0 unspecified atom stereocenters. The highest BCUT2D eigenvalue weighted by Crippen LogP contribution is 2.21. The van der Waals surface area contributed by atoms with Crippen molar-refractivity contribution in [3.8, 4) is 23.2 Å². The van der Waals surface area contributed by atoms with E-state index in [-0.39, 0.29) is 16.9 Å². The average molecular weight is 432 g/mol. The number of carbonyl (C=O) groups excluding carboxylic acids is 1. The second-order valence-electron chi connectivity index (χ2n) is 7.66. The van der Waals surface area contributed by atoms with Crippen molar-refractivity contribution in [1.29, 1.82) is 5.26 Å². The number of ether oxygens (including phenoxy) is 1. The van der Waals surface area contributed by atoms with Crippen LogP contribution in [0, 0.1) is 17.1 Å². The Kier molecular flexibility index (Phi) is 8.44. The maximum atomic E-state index is 13.9. The van der Waals surface area contributed by atoms with E-state index in [0.717, 1.165) is 30.0 Å². The van der Waals surface area contributed by atoms with E-state index in [1.165, 1.54) is 44.2 Å². The molecule has 2 aromatic carbocycles. The van der Waals surface area contributed by atoms with Crippen LogP contribution in [-0.2, 0) is 6.42 Å². The molecule has 0 saturated heterocycles. The van der Waals surface area contributed by atoms with Gasteiger partial charge in [-0.3, -0.25) is 0 Å². The third-order valence-electron chi connectivity index (χ3n) is 5.17. The summed E-state index contributed by atoms with van der Waals surface area (Å²) in [4.78, 5) is 21.2. The van der Waals surface area contributed by atoms with Crippen molar-refractivity contribution < 1.29 is 13.9 Å². The third-order valence-corrected chi connectivity index (χ3v) is 5.17. The van der Waals surface area contributed by atoms with Gasteiger partial charge in [0.1, 0.15) is 0 Å². The van der Waals surface area contributed by atoms with Crippen LogP contribution < -0.4 is 4.74 Å². The Labute approximate surface area is 187 Å². The number of hydrogen-bond acceptors (Lipinski definition) is 5. The molecule has 3 rings (SSSR count). The standard InChI is InChI=1S/C26H26FN3O2/c1-2-3-4-5-6-7-8-20-17-29-25(30-18-20)21-10-12-22(13-11-21)26(31)32-24-14-9-19(16-28)15-23(24)27/h9-15,17-18H,2-8H2,1H3. The minimum atomic E-state index is -0.761. The van der Waals surface area contributed by atoms with Gasteiger partial charge in [-0.25, -0.2) is 19.2 Å². The topological polar surface area (TPSA) is 75.9 Å². The second-order valence-corrected chi connectivity index (χ2v) is 7.66. The molecule has 0 N–H and O–H groups in total. The molecule has 0 radical (unpaired) electrons. The lowest BCUT2D eigenvalue weighted by molar-refractivity contribution is 0.0728. The molecule has 0 aliphatic heterocycles. The number of benzene rings is 2. The molecular weight excluding hydrogens is 405 g/mol. The van der Waals surface area contributed by atoms with Gasteiger partial charge in [0.15, 0.2) is 17.4 Å². The minimum Gasteiger partial charge on any atom is -0.420 e. The van der Waals surface area contributed by atoms with Crippen molar-refractivity contribution in [2.45, 2.75) is 51.9 Å². The molecule has 0 aliphatic carbocycles. The van der Waals surface area contributed by atoms with Gasteiger partial charge in [-0.05, 0) is 48.7 Å². The zero-order valence-corrected chi connectivity index (χ0v) is 18.2. The Morgan fingerprint density at radius 1 is 1.00 bits per heavy atom. The molecule has 3 aromatic rings. The fourth-order valence-electron chi connectivity index (χ4n) is 3.31. The highest BCUT2D eigenvalue weighted by molar-refractivity contribution is 5.91. The fourth-order valence-corrected chi connectivity index (χ4v) is 3.31. The van der Waals surface area contributed by atoms with Crippen LogP contribution in [0.25, 0.3) is 11.4 Å². The van der Waals surface area contributed by atoms with Crippen LogP contribution in [0.4, 0.5) is 4.39 Å². The van der Waals surface area contributed by atoms with Crippen molar-refractivity contribution in [3.05, 3.63) is 77.4 Å². The van der Waals surface area contributed by atoms with E-state index in [0.29, 0.717) is 5.82 Å².